The molecule has 2 aliphatic heterocycles. The minimum atomic E-state index is -0.563. The first-order chi connectivity index (χ1) is 30.7. The summed E-state index contributed by atoms with van der Waals surface area (Å²) in [5.41, 5.74) is 9.23. The second-order valence-corrected chi connectivity index (χ2v) is 15.7. The fraction of sp³-hybridized carbons (Fsp3) is 0.480. The van der Waals surface area contributed by atoms with Crippen molar-refractivity contribution in [3.8, 4) is 34.5 Å². The van der Waals surface area contributed by atoms with E-state index in [-0.39, 0.29) is 11.9 Å². The average Bonchev–Trinajstić information content (AvgIpc) is 4.07. The number of likely N-dealkylation sites (tertiary alicyclic amines) is 2. The summed E-state index contributed by atoms with van der Waals surface area (Å²) in [5, 5.41) is 2.55. The Hall–Kier alpha value is -5.01. The molecule has 2 atom stereocenters. The summed E-state index contributed by atoms with van der Waals surface area (Å²) in [7, 11) is 6.15. The lowest BCUT2D eigenvalue weighted by Crippen LogP contribution is -2.36. The number of hydrogen-bond donors (Lipinski definition) is 2. The first-order valence-electron chi connectivity index (χ1n) is 22.3. The Morgan fingerprint density at radius 3 is 1.37 bits per heavy atom. The molecule has 2 heterocycles. The molecule has 3 N–H and O–H groups in total. The zero-order valence-electron chi connectivity index (χ0n) is 38.2. The van der Waals surface area contributed by atoms with Crippen molar-refractivity contribution in [2.24, 2.45) is 5.73 Å². The summed E-state index contributed by atoms with van der Waals surface area (Å²) in [6, 6.07) is 28.1. The molecule has 4 aromatic rings. The highest BCUT2D eigenvalue weighted by Crippen LogP contribution is 2.40. The molecule has 63 heavy (non-hydrogen) atoms. The van der Waals surface area contributed by atoms with Crippen molar-refractivity contribution in [2.45, 2.75) is 77.3 Å². The van der Waals surface area contributed by atoms with Crippen LogP contribution in [0.4, 0.5) is 0 Å². The number of nitrogens with zero attached hydrogens (tertiary/aromatic N) is 2. The van der Waals surface area contributed by atoms with E-state index in [1.807, 2.05) is 18.2 Å². The van der Waals surface area contributed by atoms with E-state index in [4.69, 9.17) is 45.8 Å². The topological polar surface area (TPSA) is 134 Å². The predicted molar refractivity (Wildman–Crippen MR) is 251 cm³/mol. The molecule has 13 heteroatoms. The lowest BCUT2D eigenvalue weighted by molar-refractivity contribution is 0.0936. The number of rotatable bonds is 21. The Morgan fingerprint density at radius 2 is 1.00 bits per heavy atom. The average molecular weight is 890 g/mol. The van der Waals surface area contributed by atoms with Gasteiger partial charge in [-0.2, -0.15) is 0 Å². The van der Waals surface area contributed by atoms with Crippen LogP contribution in [0.5, 0.6) is 34.5 Å². The summed E-state index contributed by atoms with van der Waals surface area (Å²) < 4.78 is 32.9. The van der Waals surface area contributed by atoms with E-state index in [0.717, 1.165) is 45.3 Å². The smallest absolute Gasteiger partial charge is 0.252 e. The van der Waals surface area contributed by atoms with Crippen molar-refractivity contribution < 1.29 is 38.0 Å². The van der Waals surface area contributed by atoms with Gasteiger partial charge < -0.3 is 39.5 Å². The van der Waals surface area contributed by atoms with Crippen LogP contribution in [-0.2, 0) is 0 Å². The second kappa shape index (κ2) is 27.9. The monoisotopic (exact) mass is 888 g/mol. The van der Waals surface area contributed by atoms with Gasteiger partial charge in [0.1, 0.15) is 0 Å². The summed E-state index contributed by atoms with van der Waals surface area (Å²) >= 11 is 5.45. The molecule has 0 spiro atoms. The Morgan fingerprint density at radius 1 is 0.619 bits per heavy atom. The van der Waals surface area contributed by atoms with Gasteiger partial charge in [0.15, 0.2) is 23.0 Å². The van der Waals surface area contributed by atoms with Gasteiger partial charge in [0.25, 0.3) is 11.1 Å². The maximum atomic E-state index is 13.0. The standard InChI is InChI=1S/C25H34N2O4.C13H17ClO4.C12H18N2/c1-4-5-15-31-24-22(29-2)16-20(17-23(24)30-3)25(28)26-18-21(27-13-9-10-14-27)19-11-7-6-8-12-19;1-4-5-6-18-12-10(16-2)7-9(13(14)15)8-11(12)17-3;13-10-12(14-8-4-5-9-14)11-6-2-1-3-7-11/h6-8,11-12,16-17,21H,4-5,9-10,13-15,18H2,1-3H3,(H,26,28);7-8H,4-6H2,1-3H3;1-3,6-7,12H,4-5,8-10,13H2. The summed E-state index contributed by atoms with van der Waals surface area (Å²) in [4.78, 5) is 29.1. The highest BCUT2D eigenvalue weighted by atomic mass is 35.5. The van der Waals surface area contributed by atoms with E-state index < -0.39 is 5.24 Å². The maximum Gasteiger partial charge on any atom is 0.252 e. The van der Waals surface area contributed by atoms with Crippen LogP contribution < -0.4 is 39.5 Å². The molecule has 1 amide bonds. The molecule has 4 aromatic carbocycles. The molecule has 344 valence electrons. The third-order valence-corrected chi connectivity index (χ3v) is 11.3. The van der Waals surface area contributed by atoms with E-state index in [0.29, 0.717) is 71.4 Å². The van der Waals surface area contributed by atoms with E-state index >= 15 is 0 Å². The van der Waals surface area contributed by atoms with Gasteiger partial charge in [-0.25, -0.2) is 0 Å². The van der Waals surface area contributed by atoms with Crippen LogP contribution in [0.2, 0.25) is 0 Å². The van der Waals surface area contributed by atoms with Crippen molar-refractivity contribution in [1.29, 1.82) is 0 Å². The molecule has 0 bridgehead atoms. The lowest BCUT2D eigenvalue weighted by atomic mass is 10.1. The molecule has 12 nitrogen and oxygen atoms in total. The number of hydrogen-bond acceptors (Lipinski definition) is 11. The Balaban J connectivity index is 0.000000229. The van der Waals surface area contributed by atoms with Gasteiger partial charge in [-0.3, -0.25) is 19.4 Å². The zero-order valence-corrected chi connectivity index (χ0v) is 38.9. The Bertz CT molecular complexity index is 1890. The number of nitrogens with one attached hydrogen (secondary N) is 1. The molecule has 0 aliphatic carbocycles. The number of carbonyl (C=O) groups excluding carboxylic acids is 2. The van der Waals surface area contributed by atoms with Crippen molar-refractivity contribution in [2.75, 3.05) is 80.9 Å². The minimum absolute atomic E-state index is 0.156. The van der Waals surface area contributed by atoms with Crippen molar-refractivity contribution in [3.05, 3.63) is 107 Å². The van der Waals surface area contributed by atoms with E-state index in [1.165, 1.54) is 64.1 Å². The first kappa shape index (κ1) is 50.6. The molecular weight excluding hydrogens is 820 g/mol. The molecule has 2 aliphatic rings. The first-order valence-corrected chi connectivity index (χ1v) is 22.6. The van der Waals surface area contributed by atoms with Gasteiger partial charge in [-0.1, -0.05) is 87.4 Å². The SMILES string of the molecule is CCCCOc1c(OC)cc(C(=O)Cl)cc1OC.CCCCOc1c(OC)cc(C(=O)NCC(c2ccccc2)N2CCCC2)cc1OC.NCC(c1ccccc1)N1CCCC1. The van der Waals surface area contributed by atoms with E-state index in [9.17, 15) is 9.59 Å². The molecular formula is C50H69ClN4O8. The highest BCUT2D eigenvalue weighted by molar-refractivity contribution is 6.67. The van der Waals surface area contributed by atoms with Gasteiger partial charge >= 0.3 is 0 Å². The van der Waals surface area contributed by atoms with Crippen LogP contribution in [0.15, 0.2) is 84.9 Å². The van der Waals surface area contributed by atoms with Crippen LogP contribution >= 0.6 is 11.6 Å². The number of unbranched alkanes of at least 4 members (excludes halogenated alkanes) is 2. The number of methoxy groups -OCH3 is 4. The van der Waals surface area contributed by atoms with Crippen LogP contribution in [-0.4, -0.2) is 102 Å². The van der Waals surface area contributed by atoms with E-state index in [1.54, 1.807) is 38.5 Å². The molecule has 0 radical (unpaired) electrons. The number of amides is 1. The summed E-state index contributed by atoms with van der Waals surface area (Å²) in [6.07, 6.45) is 8.98. The van der Waals surface area contributed by atoms with Crippen molar-refractivity contribution in [1.82, 2.24) is 15.1 Å². The van der Waals surface area contributed by atoms with Crippen LogP contribution in [0.3, 0.4) is 0 Å². The van der Waals surface area contributed by atoms with Crippen LogP contribution in [0.25, 0.3) is 0 Å². The van der Waals surface area contributed by atoms with Crippen LogP contribution in [0.1, 0.15) is 109 Å². The maximum absolute atomic E-state index is 13.0. The third-order valence-electron chi connectivity index (χ3n) is 11.1. The molecule has 6 rings (SSSR count). The molecule has 2 saturated heterocycles. The lowest BCUT2D eigenvalue weighted by Gasteiger charge is -2.28. The van der Waals surface area contributed by atoms with Gasteiger partial charge in [-0.05, 0) is 112 Å². The largest absolute Gasteiger partial charge is 0.493 e. The van der Waals surface area contributed by atoms with Crippen LogP contribution in [0, 0.1) is 0 Å². The fourth-order valence-corrected chi connectivity index (χ4v) is 7.74. The van der Waals surface area contributed by atoms with Crippen molar-refractivity contribution >= 4 is 22.8 Å². The number of carbonyl (C=O) groups is 2. The second-order valence-electron chi connectivity index (χ2n) is 15.4. The Labute approximate surface area is 380 Å². The summed E-state index contributed by atoms with van der Waals surface area (Å²) in [5.74, 6) is 2.75. The van der Waals surface area contributed by atoms with Gasteiger partial charge in [0, 0.05) is 30.3 Å². The predicted octanol–water partition coefficient (Wildman–Crippen LogP) is 9.49. The van der Waals surface area contributed by atoms with E-state index in [2.05, 4.69) is 71.4 Å². The van der Waals surface area contributed by atoms with Gasteiger partial charge in [0.05, 0.1) is 47.7 Å². The zero-order chi connectivity index (χ0) is 45.4. The normalized spacial score (nSPS) is 14.5. The quantitative estimate of drug-likeness (QED) is 0.0612. The number of halogens is 1. The third kappa shape index (κ3) is 15.3. The van der Waals surface area contributed by atoms with Gasteiger partial charge in [-0.15, -0.1) is 0 Å². The molecule has 2 unspecified atom stereocenters. The number of ether oxygens (including phenoxy) is 6. The fourth-order valence-electron chi connectivity index (χ4n) is 7.63. The van der Waals surface area contributed by atoms with Gasteiger partial charge in [0.2, 0.25) is 11.5 Å². The number of nitrogens with two attached hydrogens (primary N) is 1. The van der Waals surface area contributed by atoms with Crippen molar-refractivity contribution in [3.63, 3.8) is 0 Å². The minimum Gasteiger partial charge on any atom is -0.493 e. The number of benzene rings is 4. The molecule has 0 saturated carbocycles. The molecule has 2 fully saturated rings. The summed E-state index contributed by atoms with van der Waals surface area (Å²) in [6.45, 7) is 11.1. The molecule has 0 aromatic heterocycles. The Kier molecular flexibility index (Phi) is 22.4. The highest BCUT2D eigenvalue weighted by Gasteiger charge is 2.25.